The quantitative estimate of drug-likeness (QED) is 0.352. The maximum Gasteiger partial charge on any atom is 0.321 e. The van der Waals surface area contributed by atoms with Gasteiger partial charge in [0.05, 0.1) is 11.4 Å². The topological polar surface area (TPSA) is 64.3 Å². The second-order valence-electron chi connectivity index (χ2n) is 9.37. The van der Waals surface area contributed by atoms with Crippen molar-refractivity contribution in [1.82, 2.24) is 20.0 Å². The molecule has 1 aliphatic heterocycles. The van der Waals surface area contributed by atoms with Gasteiger partial charge in [0.1, 0.15) is 0 Å². The van der Waals surface area contributed by atoms with E-state index < -0.39 is 0 Å². The highest BCUT2D eigenvalue weighted by molar-refractivity contribution is 5.90. The number of hydrogen-bond donors (Lipinski definition) is 2. The summed E-state index contributed by atoms with van der Waals surface area (Å²) in [5.41, 5.74) is 8.97. The lowest BCUT2D eigenvalue weighted by Crippen LogP contribution is -2.49. The van der Waals surface area contributed by atoms with Gasteiger partial charge in [0.25, 0.3) is 0 Å². The third-order valence-corrected chi connectivity index (χ3v) is 7.06. The third-order valence-electron chi connectivity index (χ3n) is 7.06. The van der Waals surface area contributed by atoms with Gasteiger partial charge in [-0.15, -0.1) is 0 Å². The van der Waals surface area contributed by atoms with Crippen molar-refractivity contribution in [3.8, 4) is 22.5 Å². The Bertz CT molecular complexity index is 1380. The molecule has 1 fully saturated rings. The lowest BCUT2D eigenvalue weighted by atomic mass is 10.1. The first-order valence-electron chi connectivity index (χ1n) is 12.5. The van der Waals surface area contributed by atoms with Gasteiger partial charge >= 0.3 is 6.03 Å². The molecule has 0 bridgehead atoms. The van der Waals surface area contributed by atoms with E-state index in [0.29, 0.717) is 0 Å². The van der Waals surface area contributed by atoms with E-state index in [-0.39, 0.29) is 6.03 Å². The van der Waals surface area contributed by atoms with Crippen molar-refractivity contribution in [1.29, 1.82) is 0 Å². The van der Waals surface area contributed by atoms with Crippen LogP contribution < -0.4 is 5.32 Å². The minimum absolute atomic E-state index is 0.0432. The second kappa shape index (κ2) is 9.84. The number of aromatic amines is 1. The molecule has 2 amide bonds. The molecule has 0 saturated carbocycles. The van der Waals surface area contributed by atoms with Crippen LogP contribution in [0.2, 0.25) is 0 Å². The average Bonchev–Trinajstić information content (AvgIpc) is 3.50. The van der Waals surface area contributed by atoms with E-state index in [1.807, 2.05) is 47.4 Å². The summed E-state index contributed by atoms with van der Waals surface area (Å²) >= 11 is 0. The fourth-order valence-corrected chi connectivity index (χ4v) is 5.06. The molecule has 6 heteroatoms. The molecule has 2 heterocycles. The van der Waals surface area contributed by atoms with E-state index in [0.717, 1.165) is 61.8 Å². The summed E-state index contributed by atoms with van der Waals surface area (Å²) in [6, 6.07) is 26.7. The van der Waals surface area contributed by atoms with Crippen molar-refractivity contribution in [2.45, 2.75) is 6.42 Å². The number of aromatic nitrogens is 2. The number of rotatable bonds is 5. The lowest BCUT2D eigenvalue weighted by Gasteiger charge is -2.34. The summed E-state index contributed by atoms with van der Waals surface area (Å²) in [7, 11) is 0. The van der Waals surface area contributed by atoms with Gasteiger partial charge in [-0.2, -0.15) is 5.10 Å². The monoisotopic (exact) mass is 475 g/mol. The van der Waals surface area contributed by atoms with Crippen LogP contribution in [0.25, 0.3) is 28.6 Å². The van der Waals surface area contributed by atoms with Crippen molar-refractivity contribution in [2.75, 3.05) is 38.0 Å². The summed E-state index contributed by atoms with van der Waals surface area (Å²) in [6.07, 6.45) is 5.24. The molecule has 2 aliphatic rings. The van der Waals surface area contributed by atoms with Crippen LogP contribution >= 0.6 is 0 Å². The van der Waals surface area contributed by atoms with Gasteiger partial charge in [-0.25, -0.2) is 4.79 Å². The van der Waals surface area contributed by atoms with Crippen molar-refractivity contribution in [3.63, 3.8) is 0 Å². The van der Waals surface area contributed by atoms with Gasteiger partial charge in [0.2, 0.25) is 0 Å². The fraction of sp³-hybridized carbons (Fsp3) is 0.200. The number of piperazine rings is 1. The number of fused-ring (bicyclic) bond motifs is 3. The Hall–Kier alpha value is -4.16. The van der Waals surface area contributed by atoms with Gasteiger partial charge in [0, 0.05) is 61.5 Å². The Morgan fingerprint density at radius 2 is 1.67 bits per heavy atom. The molecule has 0 radical (unpaired) electrons. The zero-order chi connectivity index (χ0) is 24.3. The number of anilines is 1. The molecule has 6 nitrogen and oxygen atoms in total. The predicted octanol–water partition coefficient (Wildman–Crippen LogP) is 5.51. The summed E-state index contributed by atoms with van der Waals surface area (Å²) in [4.78, 5) is 17.1. The van der Waals surface area contributed by atoms with Crippen LogP contribution in [0, 0.1) is 0 Å². The predicted molar refractivity (Wildman–Crippen MR) is 145 cm³/mol. The minimum Gasteiger partial charge on any atom is -0.322 e. The molecule has 0 spiro atoms. The van der Waals surface area contributed by atoms with Crippen LogP contribution in [0.3, 0.4) is 0 Å². The highest BCUT2D eigenvalue weighted by Gasteiger charge is 2.25. The molecule has 1 aromatic heterocycles. The molecule has 6 rings (SSSR count). The van der Waals surface area contributed by atoms with Crippen LogP contribution in [0.5, 0.6) is 0 Å². The molecule has 1 aliphatic carbocycles. The van der Waals surface area contributed by atoms with E-state index in [4.69, 9.17) is 0 Å². The fourth-order valence-electron chi connectivity index (χ4n) is 5.06. The van der Waals surface area contributed by atoms with Crippen molar-refractivity contribution in [2.24, 2.45) is 0 Å². The number of urea groups is 1. The molecule has 180 valence electrons. The van der Waals surface area contributed by atoms with E-state index in [2.05, 4.69) is 69.0 Å². The number of nitrogens with zero attached hydrogens (tertiary/aromatic N) is 3. The highest BCUT2D eigenvalue weighted by Crippen LogP contribution is 2.39. The van der Waals surface area contributed by atoms with Gasteiger partial charge in [-0.05, 0) is 23.3 Å². The van der Waals surface area contributed by atoms with E-state index in [9.17, 15) is 4.79 Å². The number of benzene rings is 3. The summed E-state index contributed by atoms with van der Waals surface area (Å²) in [5, 5.41) is 10.9. The Labute approximate surface area is 211 Å². The Morgan fingerprint density at radius 3 is 2.47 bits per heavy atom. The van der Waals surface area contributed by atoms with Crippen molar-refractivity contribution < 1.29 is 4.79 Å². The Kier molecular flexibility index (Phi) is 6.10. The van der Waals surface area contributed by atoms with Gasteiger partial charge in [-0.3, -0.25) is 10.00 Å². The first kappa shape index (κ1) is 22.3. The minimum atomic E-state index is -0.0432. The highest BCUT2D eigenvalue weighted by atomic mass is 16.2. The summed E-state index contributed by atoms with van der Waals surface area (Å²) < 4.78 is 0. The Morgan fingerprint density at radius 1 is 0.917 bits per heavy atom. The van der Waals surface area contributed by atoms with Crippen LogP contribution in [-0.2, 0) is 6.42 Å². The number of hydrogen-bond acceptors (Lipinski definition) is 3. The van der Waals surface area contributed by atoms with Gasteiger partial charge in [0.15, 0.2) is 0 Å². The smallest absolute Gasteiger partial charge is 0.321 e. The molecule has 4 aromatic rings. The zero-order valence-corrected chi connectivity index (χ0v) is 20.2. The van der Waals surface area contributed by atoms with Crippen LogP contribution in [0.15, 0.2) is 84.9 Å². The maximum absolute atomic E-state index is 12.8. The molecule has 36 heavy (non-hydrogen) atoms. The molecule has 2 N–H and O–H groups in total. The van der Waals surface area contributed by atoms with Gasteiger partial charge in [-0.1, -0.05) is 78.9 Å². The molecule has 0 atom stereocenters. The van der Waals surface area contributed by atoms with Crippen LogP contribution in [-0.4, -0.2) is 58.8 Å². The molecule has 0 unspecified atom stereocenters. The second-order valence-corrected chi connectivity index (χ2v) is 9.37. The molecule has 3 aromatic carbocycles. The van der Waals surface area contributed by atoms with Crippen molar-refractivity contribution in [3.05, 3.63) is 102 Å². The number of H-pyrrole nitrogens is 1. The number of carbonyl (C=O) groups excluding carboxylic acids is 1. The van der Waals surface area contributed by atoms with E-state index in [1.165, 1.54) is 22.3 Å². The number of nitrogens with one attached hydrogen (secondary N) is 2. The first-order chi connectivity index (χ1) is 17.7. The largest absolute Gasteiger partial charge is 0.322 e. The summed E-state index contributed by atoms with van der Waals surface area (Å²) in [5.74, 6) is 0. The standard InChI is InChI=1S/C30H29N5O/c36-30(35-19-17-34(18-20-35)16-6-9-22-7-2-1-3-8-22)31-25-14-12-23(13-15-25)28-27-21-24-10-4-5-11-26(24)29(27)33-32-28/h1-15H,16-21H2,(H,31,36)(H,32,33). The average molecular weight is 476 g/mol. The molecular formula is C30H29N5O. The van der Waals surface area contributed by atoms with Crippen LogP contribution in [0.4, 0.5) is 10.5 Å². The van der Waals surface area contributed by atoms with E-state index >= 15 is 0 Å². The Balaban J connectivity index is 1.02. The summed E-state index contributed by atoms with van der Waals surface area (Å²) in [6.45, 7) is 4.09. The SMILES string of the molecule is O=C(Nc1ccc(-c2n[nH]c3c2Cc2ccccc2-3)cc1)N1CCN(CC=Cc2ccccc2)CC1. The number of amides is 2. The van der Waals surface area contributed by atoms with Crippen molar-refractivity contribution >= 4 is 17.8 Å². The maximum atomic E-state index is 12.8. The first-order valence-corrected chi connectivity index (χ1v) is 12.5. The third kappa shape index (κ3) is 4.55. The normalized spacial score (nSPS) is 15.2. The number of carbonyl (C=O) groups is 1. The lowest BCUT2D eigenvalue weighted by molar-refractivity contribution is 0.156. The molecular weight excluding hydrogens is 446 g/mol. The molecule has 1 saturated heterocycles. The van der Waals surface area contributed by atoms with Crippen LogP contribution in [0.1, 0.15) is 16.7 Å². The van der Waals surface area contributed by atoms with E-state index in [1.54, 1.807) is 0 Å². The van der Waals surface area contributed by atoms with Gasteiger partial charge < -0.3 is 10.2 Å². The zero-order valence-electron chi connectivity index (χ0n) is 20.2.